The Morgan fingerprint density at radius 2 is 2.00 bits per heavy atom. The van der Waals surface area contributed by atoms with Crippen molar-refractivity contribution >= 4 is 50.0 Å². The van der Waals surface area contributed by atoms with Gasteiger partial charge in [-0.3, -0.25) is 4.79 Å². The summed E-state index contributed by atoms with van der Waals surface area (Å²) < 4.78 is 37.5. The molecule has 2 aromatic carbocycles. The van der Waals surface area contributed by atoms with Crippen molar-refractivity contribution in [1.29, 1.82) is 10.5 Å². The molecule has 1 saturated heterocycles. The number of hydrogen-bond acceptors (Lipinski definition) is 8. The Balaban J connectivity index is 1.39. The molecule has 4 heterocycles. The molecular formula is C26H16ClF2N7O3S. The predicted molar refractivity (Wildman–Crippen MR) is 141 cm³/mol. The van der Waals surface area contributed by atoms with Crippen molar-refractivity contribution in [3.8, 4) is 29.0 Å². The summed E-state index contributed by atoms with van der Waals surface area (Å²) in [6.45, 7) is 0.328. The van der Waals surface area contributed by atoms with Crippen LogP contribution in [-0.4, -0.2) is 63.6 Å². The predicted octanol–water partition coefficient (Wildman–Crippen LogP) is 4.21. The fraction of sp³-hybridized carbons (Fsp3) is 0.192. The van der Waals surface area contributed by atoms with Crippen LogP contribution in [0.3, 0.4) is 0 Å². The molecule has 4 aromatic rings. The van der Waals surface area contributed by atoms with E-state index in [9.17, 15) is 24.5 Å². The van der Waals surface area contributed by atoms with Gasteiger partial charge in [-0.05, 0) is 17.7 Å². The Morgan fingerprint density at radius 3 is 2.75 bits per heavy atom. The van der Waals surface area contributed by atoms with Crippen molar-refractivity contribution in [2.75, 3.05) is 32.0 Å². The summed E-state index contributed by atoms with van der Waals surface area (Å²) in [6, 6.07) is 6.23. The molecule has 2 aliphatic rings. The highest BCUT2D eigenvalue weighted by atomic mass is 35.5. The van der Waals surface area contributed by atoms with Gasteiger partial charge in [0.2, 0.25) is 0 Å². The van der Waals surface area contributed by atoms with Crippen LogP contribution < -0.4 is 10.5 Å². The number of benzene rings is 2. The first kappa shape index (κ1) is 25.6. The van der Waals surface area contributed by atoms with Gasteiger partial charge >= 0.3 is 6.03 Å². The largest absolute Gasteiger partial charge is 0.489 e. The molecule has 2 amide bonds. The van der Waals surface area contributed by atoms with E-state index in [0.717, 1.165) is 28.0 Å². The standard InChI is InChI=1S/C26H16ClF2N7O3S/c27-21-20(14-1-2-17(28)23-19(14)16(7-31)24(32)40-23)18(29)5-15-22(21)39-10-13-9-34(3-4-35(13)25(15)37)26(38)36-11-33-8-12(36)6-30/h1-2,5,8,11,13H,3-4,9-10,32H2. The van der Waals surface area contributed by atoms with E-state index in [1.54, 1.807) is 0 Å². The van der Waals surface area contributed by atoms with Crippen LogP contribution in [0.25, 0.3) is 21.2 Å². The number of carbonyl (C=O) groups excluding carboxylic acids is 2. The number of piperazine rings is 1. The van der Waals surface area contributed by atoms with Crippen LogP contribution in [0.2, 0.25) is 5.02 Å². The van der Waals surface area contributed by atoms with Gasteiger partial charge in [0.05, 0.1) is 33.1 Å². The molecule has 1 unspecified atom stereocenters. The van der Waals surface area contributed by atoms with Crippen molar-refractivity contribution in [3.05, 3.63) is 64.2 Å². The first-order valence-corrected chi connectivity index (χ1v) is 13.0. The minimum Gasteiger partial charge on any atom is -0.489 e. The summed E-state index contributed by atoms with van der Waals surface area (Å²) in [5.41, 5.74) is 5.88. The summed E-state index contributed by atoms with van der Waals surface area (Å²) in [4.78, 5) is 33.4. The van der Waals surface area contributed by atoms with Gasteiger partial charge in [0.1, 0.15) is 47.4 Å². The van der Waals surface area contributed by atoms with Crippen molar-refractivity contribution in [1.82, 2.24) is 19.4 Å². The number of nitriles is 2. The SMILES string of the molecule is N#Cc1c(N)sc2c(F)ccc(-c3c(F)cc4c(c3Cl)OCC3CN(C(=O)n5cncc5C#N)CCN3C4=O)c12. The van der Waals surface area contributed by atoms with E-state index >= 15 is 4.39 Å². The van der Waals surface area contributed by atoms with Gasteiger partial charge in [-0.2, -0.15) is 10.5 Å². The highest BCUT2D eigenvalue weighted by Gasteiger charge is 2.39. The number of nitrogen functional groups attached to an aromatic ring is 1. The van der Waals surface area contributed by atoms with Crippen molar-refractivity contribution in [2.24, 2.45) is 0 Å². The number of rotatable bonds is 1. The second kappa shape index (κ2) is 9.48. The maximum atomic E-state index is 15.7. The third-order valence-corrected chi connectivity index (χ3v) is 8.38. The zero-order valence-electron chi connectivity index (χ0n) is 20.3. The van der Waals surface area contributed by atoms with Gasteiger partial charge in [0.25, 0.3) is 5.91 Å². The normalized spacial score (nSPS) is 16.5. The number of halogens is 3. The van der Waals surface area contributed by atoms with Crippen LogP contribution in [-0.2, 0) is 0 Å². The van der Waals surface area contributed by atoms with E-state index < -0.39 is 29.6 Å². The molecule has 40 heavy (non-hydrogen) atoms. The fourth-order valence-electron chi connectivity index (χ4n) is 5.11. The number of fused-ring (bicyclic) bond motifs is 3. The van der Waals surface area contributed by atoms with Crippen LogP contribution >= 0.6 is 22.9 Å². The number of ether oxygens (including phenoxy) is 1. The summed E-state index contributed by atoms with van der Waals surface area (Å²) in [6.07, 6.45) is 2.52. The summed E-state index contributed by atoms with van der Waals surface area (Å²) in [5.74, 6) is -2.07. The number of carbonyl (C=O) groups is 2. The molecule has 0 spiro atoms. The molecule has 2 aliphatic heterocycles. The van der Waals surface area contributed by atoms with E-state index in [1.807, 2.05) is 12.1 Å². The molecule has 0 radical (unpaired) electrons. The number of aromatic nitrogens is 2. The molecule has 1 fully saturated rings. The lowest BCUT2D eigenvalue weighted by atomic mass is 9.96. The number of nitrogens with zero attached hydrogens (tertiary/aromatic N) is 6. The quantitative estimate of drug-likeness (QED) is 0.356. The Morgan fingerprint density at radius 1 is 1.20 bits per heavy atom. The van der Waals surface area contributed by atoms with Crippen LogP contribution in [0.15, 0.2) is 30.7 Å². The Kier molecular flexibility index (Phi) is 6.06. The second-order valence-corrected chi connectivity index (χ2v) is 10.6. The number of anilines is 1. The molecule has 0 bridgehead atoms. The molecule has 6 rings (SSSR count). The maximum absolute atomic E-state index is 15.7. The van der Waals surface area contributed by atoms with Gasteiger partial charge in [0, 0.05) is 30.6 Å². The van der Waals surface area contributed by atoms with Crippen LogP contribution in [0.4, 0.5) is 18.6 Å². The lowest BCUT2D eigenvalue weighted by molar-refractivity contribution is 0.0454. The van der Waals surface area contributed by atoms with Gasteiger partial charge < -0.3 is 20.3 Å². The number of thiophene rings is 1. The molecule has 1 atom stereocenters. The highest BCUT2D eigenvalue weighted by molar-refractivity contribution is 7.23. The van der Waals surface area contributed by atoms with Gasteiger partial charge in [-0.25, -0.2) is 23.1 Å². The average molecular weight is 580 g/mol. The molecule has 200 valence electrons. The van der Waals surface area contributed by atoms with E-state index in [1.165, 1.54) is 28.4 Å². The monoisotopic (exact) mass is 579 g/mol. The van der Waals surface area contributed by atoms with Crippen molar-refractivity contribution in [3.63, 3.8) is 0 Å². The highest BCUT2D eigenvalue weighted by Crippen LogP contribution is 2.47. The van der Waals surface area contributed by atoms with E-state index in [-0.39, 0.29) is 80.0 Å². The molecule has 10 nitrogen and oxygen atoms in total. The van der Waals surface area contributed by atoms with Crippen LogP contribution in [0.5, 0.6) is 5.75 Å². The van der Waals surface area contributed by atoms with E-state index in [0.29, 0.717) is 0 Å². The molecule has 2 aromatic heterocycles. The van der Waals surface area contributed by atoms with E-state index in [2.05, 4.69) is 4.98 Å². The van der Waals surface area contributed by atoms with Crippen LogP contribution in [0.1, 0.15) is 21.6 Å². The lowest BCUT2D eigenvalue weighted by Crippen LogP contribution is -2.58. The number of imidazole rings is 1. The number of amides is 2. The van der Waals surface area contributed by atoms with Crippen molar-refractivity contribution < 1.29 is 23.1 Å². The van der Waals surface area contributed by atoms with Crippen LogP contribution in [0, 0.1) is 34.3 Å². The Bertz CT molecular complexity index is 1840. The molecule has 0 aliphatic carbocycles. The van der Waals surface area contributed by atoms with Crippen molar-refractivity contribution in [2.45, 2.75) is 6.04 Å². The summed E-state index contributed by atoms with van der Waals surface area (Å²) >= 11 is 7.55. The number of nitrogens with two attached hydrogens (primary N) is 1. The Labute approximate surface area is 233 Å². The number of hydrogen-bond donors (Lipinski definition) is 1. The van der Waals surface area contributed by atoms with Gasteiger partial charge in [0.15, 0.2) is 5.75 Å². The lowest BCUT2D eigenvalue weighted by Gasteiger charge is -2.39. The molecule has 0 saturated carbocycles. The summed E-state index contributed by atoms with van der Waals surface area (Å²) in [7, 11) is 0. The first-order chi connectivity index (χ1) is 19.2. The third kappa shape index (κ3) is 3.74. The third-order valence-electron chi connectivity index (χ3n) is 7.00. The van der Waals surface area contributed by atoms with Gasteiger partial charge in [-0.1, -0.05) is 17.7 Å². The molecule has 2 N–H and O–H groups in total. The topological polar surface area (TPSA) is 141 Å². The zero-order chi connectivity index (χ0) is 28.3. The maximum Gasteiger partial charge on any atom is 0.330 e. The summed E-state index contributed by atoms with van der Waals surface area (Å²) in [5, 5.41) is 18.9. The smallest absolute Gasteiger partial charge is 0.330 e. The van der Waals surface area contributed by atoms with Gasteiger partial charge in [-0.15, -0.1) is 11.3 Å². The average Bonchev–Trinajstić information content (AvgIpc) is 3.53. The minimum absolute atomic E-state index is 0.00348. The molecule has 14 heteroatoms. The fourth-order valence-corrected chi connectivity index (χ4v) is 6.41. The minimum atomic E-state index is -0.862. The second-order valence-electron chi connectivity index (χ2n) is 9.13. The first-order valence-electron chi connectivity index (χ1n) is 11.8. The molecular weight excluding hydrogens is 564 g/mol. The van der Waals surface area contributed by atoms with E-state index in [4.69, 9.17) is 22.1 Å². The zero-order valence-corrected chi connectivity index (χ0v) is 21.9. The Hall–Kier alpha value is -4.72.